The van der Waals surface area contributed by atoms with Gasteiger partial charge in [-0.05, 0) is 6.42 Å². The van der Waals surface area contributed by atoms with E-state index in [0.29, 0.717) is 6.42 Å². The maximum atomic E-state index is 12.4. The third-order valence-electron chi connectivity index (χ3n) is 2.44. The summed E-state index contributed by atoms with van der Waals surface area (Å²) in [7, 11) is 0. The van der Waals surface area contributed by atoms with Crippen molar-refractivity contribution < 1.29 is 27.1 Å². The molecular weight excluding hydrogens is 252 g/mol. The quantitative estimate of drug-likeness (QED) is 0.422. The molecule has 0 fully saturated rings. The number of hydrogen-bond donors (Lipinski definition) is 0. The van der Waals surface area contributed by atoms with Crippen molar-refractivity contribution in [1.82, 2.24) is 0 Å². The average molecular weight is 272 g/mol. The van der Waals surface area contributed by atoms with Crippen molar-refractivity contribution in [2.24, 2.45) is 0 Å². The van der Waals surface area contributed by atoms with Gasteiger partial charge < -0.3 is 4.74 Å². The summed E-state index contributed by atoms with van der Waals surface area (Å²) in [5, 5.41) is 0. The van der Waals surface area contributed by atoms with Crippen molar-refractivity contribution in [1.29, 1.82) is 0 Å². The summed E-state index contributed by atoms with van der Waals surface area (Å²) >= 11 is 0. The number of carbonyl (C=O) groups is 1. The molecule has 0 saturated heterocycles. The molecule has 0 aliphatic carbocycles. The molecule has 6 heteroatoms. The van der Waals surface area contributed by atoms with Crippen LogP contribution in [0.15, 0.2) is 0 Å². The zero-order chi connectivity index (χ0) is 14.0. The maximum Gasteiger partial charge on any atom is 0.330 e. The molecule has 0 unspecified atom stereocenters. The van der Waals surface area contributed by atoms with Gasteiger partial charge >= 0.3 is 12.3 Å². The predicted molar refractivity (Wildman–Crippen MR) is 60.2 cm³/mol. The number of unbranched alkanes of at least 4 members (excludes halogenated alkanes) is 4. The Bertz CT molecular complexity index is 232. The molecule has 0 atom stereocenters. The van der Waals surface area contributed by atoms with E-state index in [-0.39, 0.29) is 12.2 Å². The zero-order valence-electron chi connectivity index (χ0n) is 10.6. The largest absolute Gasteiger partial charge is 0.367 e. The van der Waals surface area contributed by atoms with E-state index in [4.69, 9.17) is 0 Å². The van der Waals surface area contributed by atoms with Crippen LogP contribution in [0.2, 0.25) is 0 Å². The molecule has 0 aliphatic heterocycles. The molecular formula is C12H20F4O2. The van der Waals surface area contributed by atoms with Crippen molar-refractivity contribution in [3.05, 3.63) is 0 Å². The van der Waals surface area contributed by atoms with Crippen LogP contribution in [0.25, 0.3) is 0 Å². The molecule has 0 spiro atoms. The summed E-state index contributed by atoms with van der Waals surface area (Å²) in [5.41, 5.74) is 0. The first-order chi connectivity index (χ1) is 8.40. The van der Waals surface area contributed by atoms with Crippen LogP contribution >= 0.6 is 0 Å². The van der Waals surface area contributed by atoms with Crippen LogP contribution in [0.5, 0.6) is 0 Å². The van der Waals surface area contributed by atoms with Gasteiger partial charge in [-0.2, -0.15) is 8.78 Å². The Morgan fingerprint density at radius 1 is 1.17 bits per heavy atom. The van der Waals surface area contributed by atoms with Crippen LogP contribution in [-0.4, -0.2) is 31.3 Å². The Kier molecular flexibility index (Phi) is 8.97. The molecule has 0 aromatic carbocycles. The number of Topliss-reactive ketones (excluding diaryl/α,β-unsaturated/α-hetero) is 1. The van der Waals surface area contributed by atoms with E-state index in [9.17, 15) is 22.4 Å². The fourth-order valence-electron chi connectivity index (χ4n) is 1.36. The maximum absolute atomic E-state index is 12.4. The molecule has 0 N–H and O–H groups in total. The smallest absolute Gasteiger partial charge is 0.330 e. The highest BCUT2D eigenvalue weighted by Crippen LogP contribution is 2.22. The molecule has 2 nitrogen and oxygen atoms in total. The molecule has 0 aliphatic rings. The summed E-state index contributed by atoms with van der Waals surface area (Å²) in [6.45, 7) is 0.143. The third kappa shape index (κ3) is 8.44. The molecule has 0 aromatic rings. The van der Waals surface area contributed by atoms with E-state index in [1.165, 1.54) is 0 Å². The molecule has 18 heavy (non-hydrogen) atoms. The van der Waals surface area contributed by atoms with Gasteiger partial charge in [0.25, 0.3) is 0 Å². The lowest BCUT2D eigenvalue weighted by Gasteiger charge is -2.14. The van der Waals surface area contributed by atoms with Gasteiger partial charge in [0.1, 0.15) is 13.2 Å². The van der Waals surface area contributed by atoms with Gasteiger partial charge in [0.2, 0.25) is 0 Å². The van der Waals surface area contributed by atoms with Crippen molar-refractivity contribution in [3.8, 4) is 0 Å². The van der Waals surface area contributed by atoms with Crippen molar-refractivity contribution >= 4 is 5.78 Å². The summed E-state index contributed by atoms with van der Waals surface area (Å²) in [5.74, 6) is -4.50. The Hall–Kier alpha value is -0.650. The topological polar surface area (TPSA) is 26.3 Å². The molecule has 0 radical (unpaired) electrons. The summed E-state index contributed by atoms with van der Waals surface area (Å²) < 4.78 is 52.6. The summed E-state index contributed by atoms with van der Waals surface area (Å²) in [4.78, 5) is 11.2. The molecule has 108 valence electrons. The average Bonchev–Trinajstić information content (AvgIpc) is 2.28. The monoisotopic (exact) mass is 272 g/mol. The van der Waals surface area contributed by atoms with Crippen molar-refractivity contribution in [2.75, 3.05) is 13.2 Å². The third-order valence-corrected chi connectivity index (χ3v) is 2.44. The first-order valence-corrected chi connectivity index (χ1v) is 6.15. The first kappa shape index (κ1) is 17.4. The normalized spacial score (nSPS) is 12.1. The van der Waals surface area contributed by atoms with Crippen molar-refractivity contribution in [3.63, 3.8) is 0 Å². The highest BCUT2D eigenvalue weighted by Gasteiger charge is 2.41. The predicted octanol–water partition coefficient (Wildman–Crippen LogP) is 3.83. The summed E-state index contributed by atoms with van der Waals surface area (Å²) in [6.07, 6.45) is 1.32. The fourth-order valence-corrected chi connectivity index (χ4v) is 1.36. The van der Waals surface area contributed by atoms with E-state index in [0.717, 1.165) is 25.7 Å². The zero-order valence-corrected chi connectivity index (χ0v) is 10.6. The molecule has 0 rings (SSSR count). The number of rotatable bonds is 11. The molecule has 0 amide bonds. The second-order valence-corrected chi connectivity index (χ2v) is 4.26. The van der Waals surface area contributed by atoms with Crippen LogP contribution in [0.4, 0.5) is 17.6 Å². The van der Waals surface area contributed by atoms with Crippen LogP contribution in [0.3, 0.4) is 0 Å². The summed E-state index contributed by atoms with van der Waals surface area (Å²) in [6, 6.07) is 0. The minimum absolute atomic E-state index is 0.254. The SMILES string of the molecule is CCCCCCCC(=O)COCC(F)(F)C(F)F. The molecule has 0 aromatic heterocycles. The van der Waals surface area contributed by atoms with Crippen LogP contribution in [0, 0.1) is 0 Å². The van der Waals surface area contributed by atoms with Gasteiger partial charge in [0, 0.05) is 6.42 Å². The number of ether oxygens (including phenoxy) is 1. The van der Waals surface area contributed by atoms with Gasteiger partial charge in [-0.1, -0.05) is 32.6 Å². The Morgan fingerprint density at radius 2 is 1.78 bits per heavy atom. The number of alkyl halides is 4. The lowest BCUT2D eigenvalue weighted by molar-refractivity contribution is -0.168. The standard InChI is InChI=1S/C12H20F4O2/c1-2-3-4-5-6-7-10(17)8-18-9-12(15,16)11(13)14/h11H,2-9H2,1H3. The van der Waals surface area contributed by atoms with E-state index in [1.54, 1.807) is 0 Å². The number of ketones is 1. The van der Waals surface area contributed by atoms with E-state index < -0.39 is 25.6 Å². The highest BCUT2D eigenvalue weighted by atomic mass is 19.3. The molecule has 0 saturated carbocycles. The van der Waals surface area contributed by atoms with E-state index in [2.05, 4.69) is 11.7 Å². The molecule has 0 bridgehead atoms. The second-order valence-electron chi connectivity index (χ2n) is 4.26. The van der Waals surface area contributed by atoms with Crippen LogP contribution < -0.4 is 0 Å². The van der Waals surface area contributed by atoms with Gasteiger partial charge in [0.15, 0.2) is 5.78 Å². The van der Waals surface area contributed by atoms with Gasteiger partial charge in [-0.25, -0.2) is 8.78 Å². The van der Waals surface area contributed by atoms with Crippen molar-refractivity contribution in [2.45, 2.75) is 57.8 Å². The van der Waals surface area contributed by atoms with Crippen LogP contribution in [-0.2, 0) is 9.53 Å². The fraction of sp³-hybridized carbons (Fsp3) is 0.917. The highest BCUT2D eigenvalue weighted by molar-refractivity contribution is 5.79. The number of halogens is 4. The first-order valence-electron chi connectivity index (χ1n) is 6.15. The Balaban J connectivity index is 3.54. The molecule has 0 heterocycles. The minimum atomic E-state index is -4.18. The lowest BCUT2D eigenvalue weighted by atomic mass is 10.1. The van der Waals surface area contributed by atoms with E-state index in [1.807, 2.05) is 0 Å². The Morgan fingerprint density at radius 3 is 2.33 bits per heavy atom. The second kappa shape index (κ2) is 9.30. The van der Waals surface area contributed by atoms with Gasteiger partial charge in [-0.3, -0.25) is 4.79 Å². The minimum Gasteiger partial charge on any atom is -0.367 e. The Labute approximate surface area is 105 Å². The van der Waals surface area contributed by atoms with Crippen LogP contribution in [0.1, 0.15) is 45.4 Å². The van der Waals surface area contributed by atoms with Gasteiger partial charge in [0.05, 0.1) is 0 Å². The van der Waals surface area contributed by atoms with Gasteiger partial charge in [-0.15, -0.1) is 0 Å². The lowest BCUT2D eigenvalue weighted by Crippen LogP contribution is -2.33. The van der Waals surface area contributed by atoms with E-state index >= 15 is 0 Å². The number of hydrogen-bond acceptors (Lipinski definition) is 2. The number of carbonyl (C=O) groups excluding carboxylic acids is 1.